The fraction of sp³-hybridized carbons (Fsp3) is 0.0769. The number of rotatable bonds is 1. The summed E-state index contributed by atoms with van der Waals surface area (Å²) < 4.78 is 0. The number of aromatic nitrogens is 1. The van der Waals surface area contributed by atoms with E-state index in [1.54, 1.807) is 12.4 Å². The molecule has 2 aromatic rings. The van der Waals surface area contributed by atoms with Crippen LogP contribution in [0.2, 0.25) is 0 Å². The van der Waals surface area contributed by atoms with E-state index in [4.69, 9.17) is 0 Å². The molecular weight excluding hydrogens is 259 g/mol. The Morgan fingerprint density at radius 3 is 2.53 bits per heavy atom. The molecule has 0 saturated carbocycles. The molecule has 0 aliphatic heterocycles. The van der Waals surface area contributed by atoms with Gasteiger partial charge in [0, 0.05) is 0 Å². The molecular formula is C13H12NY. The smallest absolute Gasteiger partial charge is 0.358 e. The summed E-state index contributed by atoms with van der Waals surface area (Å²) in [5, 5.41) is 0. The zero-order valence-electron chi connectivity index (χ0n) is 8.99. The molecule has 15 heavy (non-hydrogen) atoms. The van der Waals surface area contributed by atoms with Crippen molar-refractivity contribution in [3.05, 3.63) is 61.8 Å². The van der Waals surface area contributed by atoms with E-state index in [-0.39, 0.29) is 40.1 Å². The molecule has 1 nitrogen and oxygen atoms in total. The van der Waals surface area contributed by atoms with Crippen molar-refractivity contribution in [1.29, 1.82) is 0 Å². The Balaban J connectivity index is 0.000000980. The minimum absolute atomic E-state index is 0. The summed E-state index contributed by atoms with van der Waals surface area (Å²) in [7, 11) is 0. The third-order valence-corrected chi connectivity index (χ3v) is 1.85. The summed E-state index contributed by atoms with van der Waals surface area (Å²) >= 11 is 0. The summed E-state index contributed by atoms with van der Waals surface area (Å²) in [5.74, 6) is 0. The van der Waals surface area contributed by atoms with Crippen LogP contribution in [0.4, 0.5) is 0 Å². The second kappa shape index (κ2) is 6.87. The maximum Gasteiger partial charge on any atom is 3.00 e. The van der Waals surface area contributed by atoms with Crippen LogP contribution in [0, 0.1) is 26.5 Å². The second-order valence-electron chi connectivity index (χ2n) is 2.90. The fourth-order valence-corrected chi connectivity index (χ4v) is 1.22. The third kappa shape index (κ3) is 3.85. The first-order valence-electron chi connectivity index (χ1n) is 4.17. The van der Waals surface area contributed by atoms with Crippen molar-refractivity contribution < 1.29 is 32.7 Å². The summed E-state index contributed by atoms with van der Waals surface area (Å²) in [6, 6.07) is 14.4. The molecule has 2 heteroatoms. The van der Waals surface area contributed by atoms with E-state index < -0.39 is 0 Å². The maximum absolute atomic E-state index is 3.92. The molecule has 0 spiro atoms. The van der Waals surface area contributed by atoms with E-state index in [1.807, 2.05) is 31.2 Å². The number of aryl methyl sites for hydroxylation is 1. The maximum atomic E-state index is 3.92. The van der Waals surface area contributed by atoms with Crippen molar-refractivity contribution in [2.75, 3.05) is 0 Å². The quantitative estimate of drug-likeness (QED) is 0.726. The van der Waals surface area contributed by atoms with E-state index in [0.29, 0.717) is 0 Å². The Labute approximate surface area is 117 Å². The number of benzene rings is 1. The van der Waals surface area contributed by atoms with Crippen LogP contribution in [0.5, 0.6) is 0 Å². The van der Waals surface area contributed by atoms with Gasteiger partial charge in [-0.25, -0.2) is 18.2 Å². The van der Waals surface area contributed by atoms with Gasteiger partial charge >= 0.3 is 32.7 Å². The van der Waals surface area contributed by atoms with Crippen LogP contribution in [0.1, 0.15) is 5.56 Å². The molecule has 0 N–H and O–H groups in total. The SMILES string of the molecule is Cc1[c-]c(-c2[c-]cncc2)ccc1.[CH3-].[Y+3]. The van der Waals surface area contributed by atoms with E-state index in [2.05, 4.69) is 17.1 Å². The van der Waals surface area contributed by atoms with Gasteiger partial charge in [-0.05, 0) is 12.4 Å². The Kier molecular flexibility index (Phi) is 6.63. The van der Waals surface area contributed by atoms with Gasteiger partial charge in [0.25, 0.3) is 0 Å². The molecule has 0 saturated heterocycles. The number of hydrogen-bond acceptors (Lipinski definition) is 1. The molecule has 0 aliphatic rings. The predicted molar refractivity (Wildman–Crippen MR) is 58.5 cm³/mol. The van der Waals surface area contributed by atoms with Crippen LogP contribution >= 0.6 is 0 Å². The largest absolute Gasteiger partial charge is 3.00 e. The standard InChI is InChI=1S/C12H9N.CH3.Y/c1-10-3-2-4-12(9-10)11-5-7-13-8-6-11;;/h2-5,7-8H,1H3;1H3;/q-2;-1;+3. The number of nitrogens with zero attached hydrogens (tertiary/aromatic N) is 1. The van der Waals surface area contributed by atoms with Gasteiger partial charge in [-0.15, -0.1) is 11.6 Å². The van der Waals surface area contributed by atoms with Crippen molar-refractivity contribution in [2.24, 2.45) is 0 Å². The van der Waals surface area contributed by atoms with Crippen molar-refractivity contribution in [3.8, 4) is 11.1 Å². The van der Waals surface area contributed by atoms with Gasteiger partial charge in [0.15, 0.2) is 0 Å². The Hall–Kier alpha value is -0.526. The van der Waals surface area contributed by atoms with E-state index in [1.165, 1.54) is 0 Å². The zero-order valence-corrected chi connectivity index (χ0v) is 11.8. The van der Waals surface area contributed by atoms with Crippen LogP contribution < -0.4 is 0 Å². The first-order chi connectivity index (χ1) is 6.36. The van der Waals surface area contributed by atoms with Crippen molar-refractivity contribution in [3.63, 3.8) is 0 Å². The second-order valence-corrected chi connectivity index (χ2v) is 2.90. The zero-order chi connectivity index (χ0) is 9.10. The van der Waals surface area contributed by atoms with Gasteiger partial charge in [-0.2, -0.15) is 12.1 Å². The van der Waals surface area contributed by atoms with Crippen LogP contribution in [0.3, 0.4) is 0 Å². The van der Waals surface area contributed by atoms with E-state index >= 15 is 0 Å². The van der Waals surface area contributed by atoms with Gasteiger partial charge in [0.2, 0.25) is 0 Å². The average molecular weight is 271 g/mol. The van der Waals surface area contributed by atoms with Gasteiger partial charge in [-0.3, -0.25) is 16.1 Å². The van der Waals surface area contributed by atoms with Crippen LogP contribution in [0.15, 0.2) is 36.7 Å². The minimum atomic E-state index is 0. The topological polar surface area (TPSA) is 12.9 Å². The summed E-state index contributed by atoms with van der Waals surface area (Å²) in [5.41, 5.74) is 3.25. The van der Waals surface area contributed by atoms with Gasteiger partial charge in [0.1, 0.15) is 0 Å². The number of pyridine rings is 1. The Morgan fingerprint density at radius 2 is 1.93 bits per heavy atom. The summed E-state index contributed by atoms with van der Waals surface area (Å²) in [6.45, 7) is 2.03. The van der Waals surface area contributed by atoms with Gasteiger partial charge in [-0.1, -0.05) is 6.92 Å². The van der Waals surface area contributed by atoms with Gasteiger partial charge in [0.05, 0.1) is 0 Å². The van der Waals surface area contributed by atoms with Crippen LogP contribution in [-0.4, -0.2) is 4.98 Å². The molecule has 0 aliphatic carbocycles. The molecule has 0 atom stereocenters. The molecule has 0 bridgehead atoms. The van der Waals surface area contributed by atoms with E-state index in [9.17, 15) is 0 Å². The first kappa shape index (κ1) is 14.5. The summed E-state index contributed by atoms with van der Waals surface area (Å²) in [6.07, 6.45) is 3.44. The van der Waals surface area contributed by atoms with Crippen molar-refractivity contribution in [1.82, 2.24) is 4.98 Å². The van der Waals surface area contributed by atoms with E-state index in [0.717, 1.165) is 16.7 Å². The average Bonchev–Trinajstić information content (AvgIpc) is 2.19. The van der Waals surface area contributed by atoms with Crippen LogP contribution in [0.25, 0.3) is 11.1 Å². The number of hydrogen-bond donors (Lipinski definition) is 0. The van der Waals surface area contributed by atoms with Crippen molar-refractivity contribution >= 4 is 0 Å². The first-order valence-corrected chi connectivity index (χ1v) is 4.17. The Bertz CT molecular complexity index is 398. The van der Waals surface area contributed by atoms with Gasteiger partial charge < -0.3 is 7.43 Å². The fourth-order valence-electron chi connectivity index (χ4n) is 1.22. The molecule has 0 radical (unpaired) electrons. The monoisotopic (exact) mass is 271 g/mol. The molecule has 1 aromatic carbocycles. The molecule has 0 unspecified atom stereocenters. The third-order valence-electron chi connectivity index (χ3n) is 1.85. The summed E-state index contributed by atoms with van der Waals surface area (Å²) in [4.78, 5) is 3.92. The minimum Gasteiger partial charge on any atom is -0.358 e. The molecule has 0 fully saturated rings. The molecule has 72 valence electrons. The Morgan fingerprint density at radius 1 is 1.13 bits per heavy atom. The molecule has 0 amide bonds. The van der Waals surface area contributed by atoms with Crippen molar-refractivity contribution in [2.45, 2.75) is 6.92 Å². The molecule has 1 aromatic heterocycles. The molecule has 1 heterocycles. The molecule has 2 rings (SSSR count). The normalized spacial score (nSPS) is 8.60. The van der Waals surface area contributed by atoms with Crippen LogP contribution in [-0.2, 0) is 32.7 Å². The predicted octanol–water partition coefficient (Wildman–Crippen LogP) is 3.11.